The van der Waals surface area contributed by atoms with Gasteiger partial charge in [0.2, 0.25) is 5.75 Å². The van der Waals surface area contributed by atoms with Gasteiger partial charge in [0.1, 0.15) is 5.82 Å². The molecule has 0 atom stereocenters. The van der Waals surface area contributed by atoms with E-state index in [0.717, 1.165) is 24.5 Å². The number of ether oxygens (including phenoxy) is 1. The van der Waals surface area contributed by atoms with Crippen molar-refractivity contribution in [2.24, 2.45) is 0 Å². The second-order valence-corrected chi connectivity index (χ2v) is 7.17. The first-order chi connectivity index (χ1) is 11.2. The highest BCUT2D eigenvalue weighted by atomic mass is 32.2. The van der Waals surface area contributed by atoms with Crippen LogP contribution in [-0.2, 0) is 15.6 Å². The molecule has 126 valence electrons. The van der Waals surface area contributed by atoms with Crippen LogP contribution in [0, 0.1) is 15.9 Å². The van der Waals surface area contributed by atoms with Crippen molar-refractivity contribution in [1.82, 2.24) is 0 Å². The van der Waals surface area contributed by atoms with Crippen LogP contribution in [-0.4, -0.2) is 25.6 Å². The Morgan fingerprint density at radius 3 is 2.38 bits per heavy atom. The highest BCUT2D eigenvalue weighted by Crippen LogP contribution is 2.28. The first kappa shape index (κ1) is 17.5. The molecule has 0 fully saturated rings. The average Bonchev–Trinajstić information content (AvgIpc) is 2.46. The summed E-state index contributed by atoms with van der Waals surface area (Å²) in [5.74, 6) is -2.40. The lowest BCUT2D eigenvalue weighted by Crippen LogP contribution is -2.10. The van der Waals surface area contributed by atoms with Gasteiger partial charge in [-0.25, -0.2) is 17.6 Å². The normalized spacial score (nSPS) is 11.1. The van der Waals surface area contributed by atoms with Gasteiger partial charge in [-0.05, 0) is 23.8 Å². The van der Waals surface area contributed by atoms with Crippen LogP contribution in [0.1, 0.15) is 15.9 Å². The van der Waals surface area contributed by atoms with Gasteiger partial charge in [0, 0.05) is 18.4 Å². The van der Waals surface area contributed by atoms with Gasteiger partial charge in [-0.2, -0.15) is 0 Å². The highest BCUT2D eigenvalue weighted by molar-refractivity contribution is 7.89. The minimum atomic E-state index is -3.21. The number of nitro groups is 1. The van der Waals surface area contributed by atoms with E-state index in [4.69, 9.17) is 4.74 Å². The van der Waals surface area contributed by atoms with Gasteiger partial charge >= 0.3 is 11.7 Å². The highest BCUT2D eigenvalue weighted by Gasteiger charge is 2.20. The summed E-state index contributed by atoms with van der Waals surface area (Å²) in [4.78, 5) is 22.1. The molecule has 0 aliphatic rings. The quantitative estimate of drug-likeness (QED) is 0.354. The number of hydrogen-bond donors (Lipinski definition) is 0. The van der Waals surface area contributed by atoms with Gasteiger partial charge in [0.05, 0.1) is 16.2 Å². The van der Waals surface area contributed by atoms with Crippen molar-refractivity contribution >= 4 is 21.5 Å². The topological polar surface area (TPSA) is 104 Å². The number of esters is 1. The summed E-state index contributed by atoms with van der Waals surface area (Å²) in [5.41, 5.74) is -0.0185. The van der Waals surface area contributed by atoms with Crippen molar-refractivity contribution in [2.45, 2.75) is 5.75 Å². The molecule has 0 saturated carbocycles. The van der Waals surface area contributed by atoms with Crippen LogP contribution in [0.25, 0.3) is 0 Å². The van der Waals surface area contributed by atoms with E-state index < -0.39 is 38.0 Å². The van der Waals surface area contributed by atoms with Gasteiger partial charge < -0.3 is 4.74 Å². The van der Waals surface area contributed by atoms with E-state index in [1.807, 2.05) is 0 Å². The van der Waals surface area contributed by atoms with E-state index in [0.29, 0.717) is 5.56 Å². The molecule has 0 amide bonds. The number of sulfone groups is 1. The molecular weight excluding hydrogens is 341 g/mol. The maximum atomic E-state index is 13.2. The monoisotopic (exact) mass is 353 g/mol. The molecule has 0 N–H and O–H groups in total. The SMILES string of the molecule is CS(=O)(=O)Cc1ccc(C(=O)Oc2cc(F)ccc2[N+](=O)[O-])cc1. The van der Waals surface area contributed by atoms with Crippen LogP contribution >= 0.6 is 0 Å². The molecule has 2 aromatic rings. The van der Waals surface area contributed by atoms with Crippen molar-refractivity contribution in [3.63, 3.8) is 0 Å². The van der Waals surface area contributed by atoms with Gasteiger partial charge in [0.25, 0.3) is 0 Å². The lowest BCUT2D eigenvalue weighted by atomic mass is 10.1. The van der Waals surface area contributed by atoms with Crippen LogP contribution in [0.2, 0.25) is 0 Å². The summed E-state index contributed by atoms with van der Waals surface area (Å²) in [6, 6.07) is 8.04. The molecule has 0 aromatic heterocycles. The number of carbonyl (C=O) groups is 1. The zero-order chi connectivity index (χ0) is 17.9. The van der Waals surface area contributed by atoms with E-state index >= 15 is 0 Å². The molecule has 2 rings (SSSR count). The Kier molecular flexibility index (Phi) is 4.93. The molecule has 24 heavy (non-hydrogen) atoms. The fourth-order valence-corrected chi connectivity index (χ4v) is 2.72. The zero-order valence-corrected chi connectivity index (χ0v) is 13.2. The Bertz CT molecular complexity index is 893. The van der Waals surface area contributed by atoms with Crippen LogP contribution in [0.5, 0.6) is 5.75 Å². The first-order valence-electron chi connectivity index (χ1n) is 6.58. The molecule has 0 heterocycles. The fourth-order valence-electron chi connectivity index (χ4n) is 1.92. The molecule has 0 unspecified atom stereocenters. The van der Waals surface area contributed by atoms with Gasteiger partial charge in [-0.1, -0.05) is 12.1 Å². The Labute approximate surface area is 136 Å². The van der Waals surface area contributed by atoms with Crippen molar-refractivity contribution in [1.29, 1.82) is 0 Å². The van der Waals surface area contributed by atoms with E-state index in [1.165, 1.54) is 24.3 Å². The molecule has 2 aromatic carbocycles. The van der Waals surface area contributed by atoms with Crippen molar-refractivity contribution < 1.29 is 27.3 Å². The summed E-state index contributed by atoms with van der Waals surface area (Å²) < 4.78 is 40.5. The van der Waals surface area contributed by atoms with Crippen LogP contribution in [0.3, 0.4) is 0 Å². The lowest BCUT2D eigenvalue weighted by Gasteiger charge is -2.06. The predicted molar refractivity (Wildman–Crippen MR) is 83.0 cm³/mol. The molecule has 0 bridgehead atoms. The van der Waals surface area contributed by atoms with E-state index in [9.17, 15) is 27.7 Å². The minimum absolute atomic E-state index is 0.0470. The summed E-state index contributed by atoms with van der Waals surface area (Å²) in [6.07, 6.45) is 1.08. The molecule has 0 radical (unpaired) electrons. The average molecular weight is 353 g/mol. The van der Waals surface area contributed by atoms with Gasteiger partial charge in [0.15, 0.2) is 9.84 Å². The number of nitrogens with zero attached hydrogens (tertiary/aromatic N) is 1. The third-order valence-electron chi connectivity index (χ3n) is 2.94. The molecular formula is C15H12FNO6S. The third-order valence-corrected chi connectivity index (χ3v) is 3.80. The van der Waals surface area contributed by atoms with Crippen molar-refractivity contribution in [2.75, 3.05) is 6.26 Å². The second kappa shape index (κ2) is 6.75. The van der Waals surface area contributed by atoms with Crippen LogP contribution in [0.4, 0.5) is 10.1 Å². The largest absolute Gasteiger partial charge is 0.415 e. The number of rotatable bonds is 5. The Balaban J connectivity index is 2.21. The predicted octanol–water partition coefficient (Wildman–Crippen LogP) is 2.50. The number of carbonyl (C=O) groups excluding carboxylic acids is 1. The zero-order valence-electron chi connectivity index (χ0n) is 12.4. The van der Waals surface area contributed by atoms with Gasteiger partial charge in [-0.15, -0.1) is 0 Å². The molecule has 9 heteroatoms. The number of halogens is 1. The Morgan fingerprint density at radius 1 is 1.21 bits per heavy atom. The van der Waals surface area contributed by atoms with Gasteiger partial charge in [-0.3, -0.25) is 10.1 Å². The van der Waals surface area contributed by atoms with E-state index in [1.54, 1.807) is 0 Å². The summed E-state index contributed by atoms with van der Waals surface area (Å²) in [6.45, 7) is 0. The standard InChI is InChI=1S/C15H12FNO6S/c1-24(21,22)9-10-2-4-11(5-3-10)15(18)23-14-8-12(16)6-7-13(14)17(19)20/h2-8H,9H2,1H3. The first-order valence-corrected chi connectivity index (χ1v) is 8.64. The second-order valence-electron chi connectivity index (χ2n) is 5.03. The molecule has 0 spiro atoms. The number of nitro benzene ring substituents is 1. The fraction of sp³-hybridized carbons (Fsp3) is 0.133. The van der Waals surface area contributed by atoms with Crippen LogP contribution in [0.15, 0.2) is 42.5 Å². The molecule has 7 nitrogen and oxygen atoms in total. The molecule has 0 saturated heterocycles. The smallest absolute Gasteiger partial charge is 0.343 e. The van der Waals surface area contributed by atoms with Crippen molar-refractivity contribution in [3.8, 4) is 5.75 Å². The third kappa shape index (κ3) is 4.59. The molecule has 0 aliphatic carbocycles. The number of hydrogen-bond acceptors (Lipinski definition) is 6. The Hall–Kier alpha value is -2.81. The summed E-state index contributed by atoms with van der Waals surface area (Å²) in [7, 11) is -3.21. The van der Waals surface area contributed by atoms with E-state index in [2.05, 4.69) is 0 Å². The Morgan fingerprint density at radius 2 is 1.83 bits per heavy atom. The van der Waals surface area contributed by atoms with Crippen LogP contribution < -0.4 is 4.74 Å². The summed E-state index contributed by atoms with van der Waals surface area (Å²) >= 11 is 0. The minimum Gasteiger partial charge on any atom is -0.415 e. The molecule has 0 aliphatic heterocycles. The number of benzene rings is 2. The maximum absolute atomic E-state index is 13.2. The van der Waals surface area contributed by atoms with E-state index in [-0.39, 0.29) is 11.3 Å². The lowest BCUT2D eigenvalue weighted by molar-refractivity contribution is -0.385. The summed E-state index contributed by atoms with van der Waals surface area (Å²) in [5, 5.41) is 10.9. The maximum Gasteiger partial charge on any atom is 0.343 e. The van der Waals surface area contributed by atoms with Crippen molar-refractivity contribution in [3.05, 3.63) is 69.5 Å².